The molecule has 1 aliphatic heterocycles. The summed E-state index contributed by atoms with van der Waals surface area (Å²) in [6, 6.07) is 18.0. The zero-order valence-electron chi connectivity index (χ0n) is 22.8. The van der Waals surface area contributed by atoms with Crippen molar-refractivity contribution in [3.05, 3.63) is 76.0 Å². The van der Waals surface area contributed by atoms with Gasteiger partial charge in [-0.3, -0.25) is 4.79 Å². The van der Waals surface area contributed by atoms with Gasteiger partial charge in [-0.2, -0.15) is 5.26 Å². The van der Waals surface area contributed by atoms with Gasteiger partial charge in [0.1, 0.15) is 6.54 Å². The average molecular weight is 563 g/mol. The minimum absolute atomic E-state index is 0.0840. The Kier molecular flexibility index (Phi) is 10.4. The van der Waals surface area contributed by atoms with Crippen LogP contribution in [0.25, 0.3) is 0 Å². The van der Waals surface area contributed by atoms with Crippen LogP contribution in [-0.2, 0) is 22.5 Å². The lowest BCUT2D eigenvalue weighted by molar-refractivity contribution is -0.132. The van der Waals surface area contributed by atoms with Crippen molar-refractivity contribution in [2.75, 3.05) is 45.8 Å². The lowest BCUT2D eigenvalue weighted by atomic mass is 10.1. The van der Waals surface area contributed by atoms with Gasteiger partial charge in [-0.25, -0.2) is 4.79 Å². The van der Waals surface area contributed by atoms with Crippen LogP contribution in [0.2, 0.25) is 0 Å². The Bertz CT molecular complexity index is 1300. The van der Waals surface area contributed by atoms with Crippen molar-refractivity contribution in [1.29, 1.82) is 5.26 Å². The molecular weight excluding hydrogens is 528 g/mol. The number of carbonyl (C=O) groups excluding carboxylic acids is 2. The van der Waals surface area contributed by atoms with E-state index in [9.17, 15) is 9.59 Å². The normalized spacial score (nSPS) is 14.3. The molecule has 40 heavy (non-hydrogen) atoms. The molecule has 10 heteroatoms. The van der Waals surface area contributed by atoms with Gasteiger partial charge in [-0.1, -0.05) is 12.1 Å². The molecule has 1 aromatic heterocycles. The summed E-state index contributed by atoms with van der Waals surface area (Å²) in [7, 11) is 3.19. The molecule has 4 rings (SSSR count). The lowest BCUT2D eigenvalue weighted by Gasteiger charge is -2.29. The van der Waals surface area contributed by atoms with Crippen molar-refractivity contribution in [3.8, 4) is 17.6 Å². The van der Waals surface area contributed by atoms with E-state index in [4.69, 9.17) is 19.5 Å². The van der Waals surface area contributed by atoms with E-state index >= 15 is 0 Å². The van der Waals surface area contributed by atoms with Gasteiger partial charge in [0.25, 0.3) is 0 Å². The molecule has 0 saturated carbocycles. The molecular formula is C30H34N4O5S. The molecule has 210 valence electrons. The second kappa shape index (κ2) is 14.4. The molecule has 1 saturated heterocycles. The summed E-state index contributed by atoms with van der Waals surface area (Å²) in [4.78, 5) is 31.4. The van der Waals surface area contributed by atoms with Gasteiger partial charge in [0, 0.05) is 30.3 Å². The molecule has 2 heterocycles. The van der Waals surface area contributed by atoms with Crippen molar-refractivity contribution in [1.82, 2.24) is 9.80 Å². The van der Waals surface area contributed by atoms with E-state index in [1.807, 2.05) is 35.7 Å². The van der Waals surface area contributed by atoms with E-state index in [1.54, 1.807) is 54.7 Å². The van der Waals surface area contributed by atoms with Crippen molar-refractivity contribution in [3.63, 3.8) is 0 Å². The zero-order valence-corrected chi connectivity index (χ0v) is 23.6. The largest absolute Gasteiger partial charge is 0.493 e. The molecule has 0 aliphatic carbocycles. The highest BCUT2D eigenvalue weighted by Gasteiger charge is 2.27. The first-order valence-corrected chi connectivity index (χ1v) is 14.1. The van der Waals surface area contributed by atoms with Gasteiger partial charge in [0.2, 0.25) is 5.91 Å². The number of amides is 3. The number of hydrogen-bond acceptors (Lipinski definition) is 7. The molecule has 1 fully saturated rings. The molecule has 1 aliphatic rings. The zero-order chi connectivity index (χ0) is 28.3. The first-order chi connectivity index (χ1) is 19.5. The average Bonchev–Trinajstić information content (AvgIpc) is 3.69. The fraction of sp³-hybridized carbons (Fsp3) is 0.367. The van der Waals surface area contributed by atoms with E-state index < -0.39 is 0 Å². The van der Waals surface area contributed by atoms with Crippen LogP contribution in [0.1, 0.15) is 28.8 Å². The number of nitrogens with zero attached hydrogens (tertiary/aromatic N) is 3. The molecule has 0 radical (unpaired) electrons. The Morgan fingerprint density at radius 3 is 2.55 bits per heavy atom. The van der Waals surface area contributed by atoms with E-state index in [0.29, 0.717) is 55.4 Å². The van der Waals surface area contributed by atoms with Crippen LogP contribution in [0.15, 0.2) is 60.0 Å². The van der Waals surface area contributed by atoms with E-state index in [2.05, 4.69) is 11.4 Å². The monoisotopic (exact) mass is 562 g/mol. The summed E-state index contributed by atoms with van der Waals surface area (Å²) in [5.41, 5.74) is 2.07. The van der Waals surface area contributed by atoms with E-state index in [0.717, 1.165) is 23.3 Å². The van der Waals surface area contributed by atoms with Gasteiger partial charge in [-0.05, 0) is 72.7 Å². The van der Waals surface area contributed by atoms with E-state index in [-0.39, 0.29) is 24.6 Å². The van der Waals surface area contributed by atoms with Crippen LogP contribution in [0, 0.1) is 11.3 Å². The number of nitrogens with one attached hydrogen (secondary N) is 1. The summed E-state index contributed by atoms with van der Waals surface area (Å²) >= 11 is 1.59. The predicted octanol–water partition coefficient (Wildman–Crippen LogP) is 4.92. The van der Waals surface area contributed by atoms with Crippen LogP contribution < -0.4 is 14.8 Å². The lowest BCUT2D eigenvalue weighted by Crippen LogP contribution is -2.47. The molecule has 3 aromatic rings. The van der Waals surface area contributed by atoms with Crippen molar-refractivity contribution in [2.45, 2.75) is 31.9 Å². The number of benzene rings is 2. The molecule has 9 nitrogen and oxygen atoms in total. The van der Waals surface area contributed by atoms with Crippen molar-refractivity contribution >= 4 is 29.0 Å². The number of carbonyl (C=O) groups is 2. The molecule has 1 N–H and O–H groups in total. The van der Waals surface area contributed by atoms with Crippen molar-refractivity contribution < 1.29 is 23.8 Å². The summed E-state index contributed by atoms with van der Waals surface area (Å²) < 4.78 is 16.6. The van der Waals surface area contributed by atoms with Crippen LogP contribution in [0.5, 0.6) is 11.5 Å². The maximum absolute atomic E-state index is 13.7. The second-order valence-corrected chi connectivity index (χ2v) is 10.5. The van der Waals surface area contributed by atoms with Crippen LogP contribution in [-0.4, -0.2) is 68.3 Å². The fourth-order valence-corrected chi connectivity index (χ4v) is 5.25. The van der Waals surface area contributed by atoms with Crippen LogP contribution in [0.3, 0.4) is 0 Å². The third kappa shape index (κ3) is 7.97. The number of anilines is 1. The number of urea groups is 1. The maximum Gasteiger partial charge on any atom is 0.322 e. The molecule has 2 aromatic carbocycles. The maximum atomic E-state index is 13.7. The molecule has 1 unspecified atom stereocenters. The summed E-state index contributed by atoms with van der Waals surface area (Å²) in [6.07, 6.45) is 2.27. The third-order valence-electron chi connectivity index (χ3n) is 6.72. The number of hydrogen-bond donors (Lipinski definition) is 1. The van der Waals surface area contributed by atoms with Crippen LogP contribution >= 0.6 is 11.3 Å². The van der Waals surface area contributed by atoms with Gasteiger partial charge >= 0.3 is 6.03 Å². The number of rotatable bonds is 12. The first-order valence-electron chi connectivity index (χ1n) is 13.2. The van der Waals surface area contributed by atoms with E-state index in [1.165, 1.54) is 4.90 Å². The highest BCUT2D eigenvalue weighted by atomic mass is 32.1. The van der Waals surface area contributed by atoms with Crippen molar-refractivity contribution in [2.24, 2.45) is 0 Å². The van der Waals surface area contributed by atoms with Gasteiger partial charge < -0.3 is 29.3 Å². The molecule has 3 amide bonds. The number of nitriles is 1. The highest BCUT2D eigenvalue weighted by molar-refractivity contribution is 7.09. The quantitative estimate of drug-likeness (QED) is 0.336. The Hall–Kier alpha value is -4.07. The molecule has 0 spiro atoms. The van der Waals surface area contributed by atoms with Gasteiger partial charge in [0.15, 0.2) is 11.5 Å². The summed E-state index contributed by atoms with van der Waals surface area (Å²) in [5, 5.41) is 13.9. The minimum atomic E-state index is -0.385. The molecule has 0 bridgehead atoms. The van der Waals surface area contributed by atoms with Gasteiger partial charge in [0.05, 0.1) is 38.5 Å². The number of thiophene rings is 1. The topological polar surface area (TPSA) is 104 Å². The number of ether oxygens (including phenoxy) is 3. The first kappa shape index (κ1) is 28.9. The Balaban J connectivity index is 1.48. The minimum Gasteiger partial charge on any atom is -0.493 e. The SMILES string of the molecule is COc1ccc(CCN(Cc2cccs2)C(=O)CN(CC2CCCO2)C(=O)Nc2ccc(C#N)cc2)cc1OC. The Morgan fingerprint density at radius 2 is 1.90 bits per heavy atom. The van der Waals surface area contributed by atoms with Gasteiger partial charge in [-0.15, -0.1) is 11.3 Å². The highest BCUT2D eigenvalue weighted by Crippen LogP contribution is 2.28. The smallest absolute Gasteiger partial charge is 0.322 e. The Morgan fingerprint density at radius 1 is 1.10 bits per heavy atom. The summed E-state index contributed by atoms with van der Waals surface area (Å²) in [6.45, 7) is 1.81. The third-order valence-corrected chi connectivity index (χ3v) is 7.59. The summed E-state index contributed by atoms with van der Waals surface area (Å²) in [5.74, 6) is 1.14. The standard InChI is InChI=1S/C30H34N4O5S/c1-37-27-12-9-22(17-28(27)38-2)13-14-33(20-26-6-4-16-40-26)29(35)21-34(19-25-5-3-15-39-25)30(36)32-24-10-7-23(18-31)8-11-24/h4,6-12,16-17,25H,3,5,13-15,19-21H2,1-2H3,(H,32,36). The second-order valence-electron chi connectivity index (χ2n) is 9.47. The number of methoxy groups -OCH3 is 2. The van der Waals surface area contributed by atoms with Crippen LogP contribution in [0.4, 0.5) is 10.5 Å². The predicted molar refractivity (Wildman–Crippen MR) is 154 cm³/mol. The fourth-order valence-electron chi connectivity index (χ4n) is 4.53. The Labute approximate surface area is 238 Å². The molecule has 1 atom stereocenters.